The van der Waals surface area contributed by atoms with Crippen molar-refractivity contribution in [3.05, 3.63) is 29.3 Å². The third kappa shape index (κ3) is 3.85. The van der Waals surface area contributed by atoms with Crippen molar-refractivity contribution in [2.75, 3.05) is 13.4 Å². The number of hydrogen-bond acceptors (Lipinski definition) is 3. The Kier molecular flexibility index (Phi) is 4.92. The van der Waals surface area contributed by atoms with Crippen LogP contribution in [0.25, 0.3) is 0 Å². The van der Waals surface area contributed by atoms with E-state index in [1.54, 1.807) is 6.92 Å². The first kappa shape index (κ1) is 14.7. The molecule has 3 nitrogen and oxygen atoms in total. The zero-order valence-electron chi connectivity index (χ0n) is 9.58. The van der Waals surface area contributed by atoms with Gasteiger partial charge in [-0.3, -0.25) is 0 Å². The molecule has 1 aromatic carbocycles. The van der Waals surface area contributed by atoms with Crippen LogP contribution in [0.3, 0.4) is 0 Å². The largest absolute Gasteiger partial charge is 0.467 e. The summed E-state index contributed by atoms with van der Waals surface area (Å²) in [6, 6.07) is 3.42. The van der Waals surface area contributed by atoms with Gasteiger partial charge in [-0.2, -0.15) is 13.2 Å². The Morgan fingerprint density at radius 2 is 2.06 bits per heavy atom. The fourth-order valence-corrected chi connectivity index (χ4v) is 1.35. The molecule has 7 heteroatoms. The summed E-state index contributed by atoms with van der Waals surface area (Å²) in [6.07, 6.45) is -4.54. The molecule has 0 aliphatic heterocycles. The molecule has 0 aromatic heterocycles. The molecule has 18 heavy (non-hydrogen) atoms. The summed E-state index contributed by atoms with van der Waals surface area (Å²) in [7, 11) is 0. The lowest BCUT2D eigenvalue weighted by atomic mass is 10.1. The molecule has 0 radical (unpaired) electrons. The quantitative estimate of drug-likeness (QED) is 0.511. The van der Waals surface area contributed by atoms with Crippen molar-refractivity contribution in [2.24, 2.45) is 5.73 Å². The van der Waals surface area contributed by atoms with E-state index in [1.807, 2.05) is 0 Å². The minimum absolute atomic E-state index is 0.100. The number of hydrogen-bond donors (Lipinski definition) is 1. The van der Waals surface area contributed by atoms with Crippen molar-refractivity contribution in [1.29, 1.82) is 0 Å². The second-order valence-corrected chi connectivity index (χ2v) is 3.77. The van der Waals surface area contributed by atoms with Crippen molar-refractivity contribution in [2.45, 2.75) is 13.1 Å². The first-order chi connectivity index (χ1) is 8.36. The van der Waals surface area contributed by atoms with Gasteiger partial charge >= 0.3 is 6.18 Å². The Bertz CT molecular complexity index is 435. The summed E-state index contributed by atoms with van der Waals surface area (Å²) < 4.78 is 48.1. The SMILES string of the molecule is CCOCOc1ccc(C(N)=S)cc1C(F)(F)F. The zero-order valence-corrected chi connectivity index (χ0v) is 10.4. The number of benzene rings is 1. The van der Waals surface area contributed by atoms with Crippen LogP contribution in [-0.4, -0.2) is 18.4 Å². The Morgan fingerprint density at radius 1 is 1.39 bits per heavy atom. The Labute approximate surface area is 108 Å². The lowest BCUT2D eigenvalue weighted by Gasteiger charge is -2.14. The summed E-state index contributed by atoms with van der Waals surface area (Å²) in [4.78, 5) is -0.100. The van der Waals surface area contributed by atoms with Crippen molar-refractivity contribution in [3.8, 4) is 5.75 Å². The van der Waals surface area contributed by atoms with Crippen molar-refractivity contribution < 1.29 is 22.6 Å². The minimum atomic E-state index is -4.54. The Morgan fingerprint density at radius 3 is 2.56 bits per heavy atom. The van der Waals surface area contributed by atoms with Crippen LogP contribution in [0.5, 0.6) is 5.75 Å². The maximum Gasteiger partial charge on any atom is 0.419 e. The van der Waals surface area contributed by atoms with Gasteiger partial charge in [0.25, 0.3) is 0 Å². The Hall–Kier alpha value is -1.34. The lowest BCUT2D eigenvalue weighted by Crippen LogP contribution is -2.14. The van der Waals surface area contributed by atoms with E-state index in [-0.39, 0.29) is 23.1 Å². The predicted octanol–water partition coefficient (Wildman–Crippen LogP) is 2.71. The molecule has 2 N–H and O–H groups in total. The van der Waals surface area contributed by atoms with Gasteiger partial charge < -0.3 is 15.2 Å². The highest BCUT2D eigenvalue weighted by Crippen LogP contribution is 2.36. The summed E-state index contributed by atoms with van der Waals surface area (Å²) in [5.41, 5.74) is 4.51. The molecule has 0 unspecified atom stereocenters. The molecule has 0 aliphatic rings. The van der Waals surface area contributed by atoms with Gasteiger partial charge in [-0.05, 0) is 25.1 Å². The smallest absolute Gasteiger partial charge is 0.419 e. The van der Waals surface area contributed by atoms with E-state index in [2.05, 4.69) is 12.2 Å². The predicted molar refractivity (Wildman–Crippen MR) is 64.5 cm³/mol. The number of thiocarbonyl (C=S) groups is 1. The molecule has 0 aliphatic carbocycles. The third-order valence-electron chi connectivity index (χ3n) is 2.07. The summed E-state index contributed by atoms with van der Waals surface area (Å²) >= 11 is 4.64. The Balaban J connectivity index is 3.05. The minimum Gasteiger partial charge on any atom is -0.467 e. The van der Waals surface area contributed by atoms with Crippen LogP contribution >= 0.6 is 12.2 Å². The number of rotatable bonds is 5. The zero-order chi connectivity index (χ0) is 13.8. The van der Waals surface area contributed by atoms with E-state index in [4.69, 9.17) is 15.2 Å². The summed E-state index contributed by atoms with van der Waals surface area (Å²) in [5, 5.41) is 0. The molecule has 0 heterocycles. The maximum absolute atomic E-state index is 12.8. The summed E-state index contributed by atoms with van der Waals surface area (Å²) in [5.74, 6) is -0.309. The molecule has 0 saturated carbocycles. The number of ether oxygens (including phenoxy) is 2. The average molecular weight is 279 g/mol. The molecule has 0 fully saturated rings. The molecule has 100 valence electrons. The number of alkyl halides is 3. The third-order valence-corrected chi connectivity index (χ3v) is 2.31. The topological polar surface area (TPSA) is 44.5 Å². The van der Waals surface area contributed by atoms with E-state index in [1.165, 1.54) is 12.1 Å². The molecular weight excluding hydrogens is 267 g/mol. The van der Waals surface area contributed by atoms with Crippen LogP contribution in [-0.2, 0) is 10.9 Å². The molecule has 1 aromatic rings. The highest BCUT2D eigenvalue weighted by atomic mass is 32.1. The van der Waals surface area contributed by atoms with Crippen LogP contribution in [0.1, 0.15) is 18.1 Å². The van der Waals surface area contributed by atoms with Crippen LogP contribution < -0.4 is 10.5 Å². The van der Waals surface area contributed by atoms with E-state index < -0.39 is 11.7 Å². The fraction of sp³-hybridized carbons (Fsp3) is 0.364. The van der Waals surface area contributed by atoms with Gasteiger partial charge in [-0.25, -0.2) is 0 Å². The van der Waals surface area contributed by atoms with Crippen LogP contribution in [0, 0.1) is 0 Å². The van der Waals surface area contributed by atoms with E-state index in [0.29, 0.717) is 6.61 Å². The molecule has 0 atom stereocenters. The molecular formula is C11H12F3NO2S. The second-order valence-electron chi connectivity index (χ2n) is 3.33. The molecule has 0 spiro atoms. The van der Waals surface area contributed by atoms with Crippen LogP contribution in [0.2, 0.25) is 0 Å². The molecule has 0 amide bonds. The monoisotopic (exact) mass is 279 g/mol. The van der Waals surface area contributed by atoms with Crippen molar-refractivity contribution in [1.82, 2.24) is 0 Å². The van der Waals surface area contributed by atoms with Gasteiger partial charge in [0.05, 0.1) is 5.56 Å². The normalized spacial score (nSPS) is 11.3. The average Bonchev–Trinajstić information content (AvgIpc) is 2.28. The van der Waals surface area contributed by atoms with Gasteiger partial charge in [0.2, 0.25) is 0 Å². The van der Waals surface area contributed by atoms with Crippen molar-refractivity contribution in [3.63, 3.8) is 0 Å². The van der Waals surface area contributed by atoms with E-state index in [0.717, 1.165) is 6.07 Å². The van der Waals surface area contributed by atoms with Crippen molar-refractivity contribution >= 4 is 17.2 Å². The van der Waals surface area contributed by atoms with Gasteiger partial charge in [0.15, 0.2) is 6.79 Å². The van der Waals surface area contributed by atoms with E-state index >= 15 is 0 Å². The molecule has 0 saturated heterocycles. The highest BCUT2D eigenvalue weighted by molar-refractivity contribution is 7.80. The second kappa shape index (κ2) is 6.01. The first-order valence-corrected chi connectivity index (χ1v) is 5.48. The maximum atomic E-state index is 12.8. The standard InChI is InChI=1S/C11H12F3NO2S/c1-2-16-6-17-9-4-3-7(10(15)18)5-8(9)11(12,13)14/h3-5H,2,6H2,1H3,(H2,15,18). The molecule has 1 rings (SSSR count). The first-order valence-electron chi connectivity index (χ1n) is 5.08. The van der Waals surface area contributed by atoms with Gasteiger partial charge in [0.1, 0.15) is 10.7 Å². The fourth-order valence-electron chi connectivity index (χ4n) is 1.22. The number of nitrogens with two attached hydrogens (primary N) is 1. The highest BCUT2D eigenvalue weighted by Gasteiger charge is 2.34. The van der Waals surface area contributed by atoms with Gasteiger partial charge in [-0.1, -0.05) is 12.2 Å². The van der Waals surface area contributed by atoms with Gasteiger partial charge in [-0.15, -0.1) is 0 Å². The lowest BCUT2D eigenvalue weighted by molar-refractivity contribution is -0.139. The molecule has 0 bridgehead atoms. The number of halogens is 3. The van der Waals surface area contributed by atoms with Gasteiger partial charge in [0, 0.05) is 12.2 Å². The van der Waals surface area contributed by atoms with Crippen LogP contribution in [0.4, 0.5) is 13.2 Å². The van der Waals surface area contributed by atoms with Crippen LogP contribution in [0.15, 0.2) is 18.2 Å². The summed E-state index contributed by atoms with van der Waals surface area (Å²) in [6.45, 7) is 1.82. The van der Waals surface area contributed by atoms with E-state index in [9.17, 15) is 13.2 Å².